The fourth-order valence-corrected chi connectivity index (χ4v) is 1.33. The molecule has 0 unspecified atom stereocenters. The van der Waals surface area contributed by atoms with Crippen LogP contribution in [0, 0.1) is 0 Å². The van der Waals surface area contributed by atoms with E-state index in [1.54, 1.807) is 12.1 Å². The van der Waals surface area contributed by atoms with Crippen molar-refractivity contribution in [2.24, 2.45) is 0 Å². The van der Waals surface area contributed by atoms with E-state index in [9.17, 15) is 4.79 Å². The third kappa shape index (κ3) is 4.89. The van der Waals surface area contributed by atoms with Crippen LogP contribution in [0.1, 0.15) is 44.5 Å². The monoisotopic (exact) mass is 235 g/mol. The highest BCUT2D eigenvalue weighted by molar-refractivity contribution is 5.90. The van der Waals surface area contributed by atoms with E-state index < -0.39 is 5.60 Å². The topological polar surface area (TPSA) is 38.3 Å². The lowest BCUT2D eigenvalue weighted by molar-refractivity contribution is 0.00696. The Labute approximate surface area is 103 Å². The Hall–Kier alpha value is -1.51. The SMILES string of the molecule is CCCNc1ccc(C(=O)OC(C)(C)C)cc1. The van der Waals surface area contributed by atoms with Gasteiger partial charge < -0.3 is 10.1 Å². The van der Waals surface area contributed by atoms with E-state index in [-0.39, 0.29) is 5.97 Å². The molecule has 0 heterocycles. The van der Waals surface area contributed by atoms with Gasteiger partial charge in [-0.3, -0.25) is 0 Å². The average Bonchev–Trinajstić information content (AvgIpc) is 2.24. The van der Waals surface area contributed by atoms with Crippen molar-refractivity contribution in [1.29, 1.82) is 0 Å². The summed E-state index contributed by atoms with van der Waals surface area (Å²) < 4.78 is 5.29. The molecule has 3 heteroatoms. The van der Waals surface area contributed by atoms with Crippen molar-refractivity contribution in [1.82, 2.24) is 0 Å². The summed E-state index contributed by atoms with van der Waals surface area (Å²) in [5.41, 5.74) is 1.16. The van der Waals surface area contributed by atoms with Crippen LogP contribution in [0.5, 0.6) is 0 Å². The summed E-state index contributed by atoms with van der Waals surface area (Å²) in [4.78, 5) is 11.7. The fourth-order valence-electron chi connectivity index (χ4n) is 1.33. The van der Waals surface area contributed by atoms with E-state index >= 15 is 0 Å². The largest absolute Gasteiger partial charge is 0.456 e. The van der Waals surface area contributed by atoms with Gasteiger partial charge in [-0.2, -0.15) is 0 Å². The number of rotatable bonds is 4. The predicted molar refractivity (Wildman–Crippen MR) is 70.4 cm³/mol. The predicted octanol–water partition coefficient (Wildman–Crippen LogP) is 3.46. The molecule has 94 valence electrons. The van der Waals surface area contributed by atoms with Crippen LogP contribution < -0.4 is 5.32 Å². The maximum atomic E-state index is 11.7. The Morgan fingerprint density at radius 1 is 1.24 bits per heavy atom. The quantitative estimate of drug-likeness (QED) is 0.812. The molecule has 1 aromatic rings. The second kappa shape index (κ2) is 5.71. The first-order valence-electron chi connectivity index (χ1n) is 5.99. The highest BCUT2D eigenvalue weighted by atomic mass is 16.6. The average molecular weight is 235 g/mol. The van der Waals surface area contributed by atoms with Gasteiger partial charge in [-0.25, -0.2) is 4.79 Å². The third-order valence-corrected chi connectivity index (χ3v) is 2.10. The minimum absolute atomic E-state index is 0.278. The van der Waals surface area contributed by atoms with E-state index in [4.69, 9.17) is 4.74 Å². The standard InChI is InChI=1S/C14H21NO2/c1-5-10-15-12-8-6-11(7-9-12)13(16)17-14(2,3)4/h6-9,15H,5,10H2,1-4H3. The Balaban J connectivity index is 2.64. The second-order valence-corrected chi connectivity index (χ2v) is 5.01. The van der Waals surface area contributed by atoms with Crippen LogP contribution in [0.4, 0.5) is 5.69 Å². The molecule has 0 aromatic heterocycles. The van der Waals surface area contributed by atoms with Gasteiger partial charge in [0.15, 0.2) is 0 Å². The van der Waals surface area contributed by atoms with E-state index in [0.29, 0.717) is 5.56 Å². The number of benzene rings is 1. The van der Waals surface area contributed by atoms with Crippen molar-refractivity contribution < 1.29 is 9.53 Å². The number of hydrogen-bond donors (Lipinski definition) is 1. The number of carbonyl (C=O) groups excluding carboxylic acids is 1. The summed E-state index contributed by atoms with van der Waals surface area (Å²) in [6.45, 7) is 8.64. The molecule has 0 bridgehead atoms. The summed E-state index contributed by atoms with van der Waals surface area (Å²) in [5, 5.41) is 3.26. The van der Waals surface area contributed by atoms with Crippen molar-refractivity contribution in [2.45, 2.75) is 39.7 Å². The number of hydrogen-bond acceptors (Lipinski definition) is 3. The van der Waals surface area contributed by atoms with Gasteiger partial charge in [0, 0.05) is 12.2 Å². The summed E-state index contributed by atoms with van der Waals surface area (Å²) in [7, 11) is 0. The lowest BCUT2D eigenvalue weighted by Crippen LogP contribution is -2.23. The van der Waals surface area contributed by atoms with Crippen LogP contribution in [-0.2, 0) is 4.74 Å². The fraction of sp³-hybridized carbons (Fsp3) is 0.500. The van der Waals surface area contributed by atoms with Crippen molar-refractivity contribution in [3.8, 4) is 0 Å². The first-order chi connectivity index (χ1) is 7.92. The van der Waals surface area contributed by atoms with Crippen LogP contribution >= 0.6 is 0 Å². The molecule has 1 N–H and O–H groups in total. The van der Waals surface area contributed by atoms with E-state index in [0.717, 1.165) is 18.7 Å². The lowest BCUT2D eigenvalue weighted by atomic mass is 10.1. The van der Waals surface area contributed by atoms with E-state index in [1.165, 1.54) is 0 Å². The van der Waals surface area contributed by atoms with Gasteiger partial charge in [-0.05, 0) is 51.5 Å². The number of esters is 1. The molecule has 3 nitrogen and oxygen atoms in total. The number of nitrogens with one attached hydrogen (secondary N) is 1. The Morgan fingerprint density at radius 2 is 1.82 bits per heavy atom. The Kier molecular flexibility index (Phi) is 4.55. The summed E-state index contributed by atoms with van der Waals surface area (Å²) in [5.74, 6) is -0.278. The molecule has 0 spiro atoms. The van der Waals surface area contributed by atoms with Crippen LogP contribution in [0.15, 0.2) is 24.3 Å². The molecule has 17 heavy (non-hydrogen) atoms. The van der Waals surface area contributed by atoms with Crippen LogP contribution in [-0.4, -0.2) is 18.1 Å². The third-order valence-electron chi connectivity index (χ3n) is 2.10. The maximum absolute atomic E-state index is 11.7. The van der Waals surface area contributed by atoms with Gasteiger partial charge in [0.05, 0.1) is 5.56 Å². The first kappa shape index (κ1) is 13.6. The highest BCUT2D eigenvalue weighted by Crippen LogP contribution is 2.14. The second-order valence-electron chi connectivity index (χ2n) is 5.01. The molecule has 0 atom stereocenters. The van der Waals surface area contributed by atoms with E-state index in [2.05, 4.69) is 12.2 Å². The maximum Gasteiger partial charge on any atom is 0.338 e. The minimum Gasteiger partial charge on any atom is -0.456 e. The number of carbonyl (C=O) groups is 1. The van der Waals surface area contributed by atoms with Crippen molar-refractivity contribution >= 4 is 11.7 Å². The molecule has 1 rings (SSSR count). The van der Waals surface area contributed by atoms with Crippen molar-refractivity contribution in [2.75, 3.05) is 11.9 Å². The van der Waals surface area contributed by atoms with Gasteiger partial charge in [-0.15, -0.1) is 0 Å². The zero-order chi connectivity index (χ0) is 12.9. The molecule has 0 aliphatic carbocycles. The summed E-state index contributed by atoms with van der Waals surface area (Å²) in [6.07, 6.45) is 1.08. The van der Waals surface area contributed by atoms with Crippen molar-refractivity contribution in [3.63, 3.8) is 0 Å². The smallest absolute Gasteiger partial charge is 0.338 e. The normalized spacial score (nSPS) is 11.1. The van der Waals surface area contributed by atoms with Gasteiger partial charge >= 0.3 is 5.97 Å². The van der Waals surface area contributed by atoms with Crippen LogP contribution in [0.3, 0.4) is 0 Å². The van der Waals surface area contributed by atoms with Gasteiger partial charge in [0.1, 0.15) is 5.60 Å². The molecule has 0 aliphatic rings. The van der Waals surface area contributed by atoms with Gasteiger partial charge in [0.25, 0.3) is 0 Å². The zero-order valence-electron chi connectivity index (χ0n) is 11.0. The minimum atomic E-state index is -0.448. The summed E-state index contributed by atoms with van der Waals surface area (Å²) in [6, 6.07) is 7.36. The zero-order valence-corrected chi connectivity index (χ0v) is 11.0. The molecular formula is C14H21NO2. The lowest BCUT2D eigenvalue weighted by Gasteiger charge is -2.19. The number of anilines is 1. The van der Waals surface area contributed by atoms with Crippen molar-refractivity contribution in [3.05, 3.63) is 29.8 Å². The molecule has 0 saturated heterocycles. The Morgan fingerprint density at radius 3 is 2.29 bits per heavy atom. The first-order valence-corrected chi connectivity index (χ1v) is 5.99. The van der Waals surface area contributed by atoms with Gasteiger partial charge in [0.2, 0.25) is 0 Å². The molecule has 0 saturated carbocycles. The molecule has 0 fully saturated rings. The molecule has 0 aliphatic heterocycles. The molecule has 0 amide bonds. The molecule has 1 aromatic carbocycles. The Bertz CT molecular complexity index is 363. The molecular weight excluding hydrogens is 214 g/mol. The van der Waals surface area contributed by atoms with Crippen LogP contribution in [0.25, 0.3) is 0 Å². The summed E-state index contributed by atoms with van der Waals surface area (Å²) >= 11 is 0. The van der Waals surface area contributed by atoms with Crippen LogP contribution in [0.2, 0.25) is 0 Å². The number of ether oxygens (including phenoxy) is 1. The van der Waals surface area contributed by atoms with E-state index in [1.807, 2.05) is 32.9 Å². The van der Waals surface area contributed by atoms with Gasteiger partial charge in [-0.1, -0.05) is 6.92 Å². The molecule has 0 radical (unpaired) electrons. The highest BCUT2D eigenvalue weighted by Gasteiger charge is 2.17.